The van der Waals surface area contributed by atoms with Crippen molar-refractivity contribution in [1.82, 2.24) is 19.9 Å². The third-order valence-electron chi connectivity index (χ3n) is 3.34. The summed E-state index contributed by atoms with van der Waals surface area (Å²) in [4.78, 5) is 4.17. The van der Waals surface area contributed by atoms with Crippen molar-refractivity contribution < 1.29 is 13.2 Å². The number of pyridine rings is 1. The first-order valence-corrected chi connectivity index (χ1v) is 6.15. The van der Waals surface area contributed by atoms with E-state index in [4.69, 9.17) is 0 Å². The van der Waals surface area contributed by atoms with E-state index in [9.17, 15) is 13.2 Å². The molecule has 4 nitrogen and oxygen atoms in total. The van der Waals surface area contributed by atoms with E-state index >= 15 is 0 Å². The predicted octanol–water partition coefficient (Wildman–Crippen LogP) is 1.90. The third-order valence-corrected chi connectivity index (χ3v) is 3.34. The van der Waals surface area contributed by atoms with Crippen molar-refractivity contribution in [2.75, 3.05) is 13.1 Å². The first kappa shape index (κ1) is 12.4. The molecule has 7 heteroatoms. The fourth-order valence-electron chi connectivity index (χ4n) is 2.34. The van der Waals surface area contributed by atoms with Crippen LogP contribution < -0.4 is 5.32 Å². The fraction of sp³-hybridized carbons (Fsp3) is 0.500. The van der Waals surface area contributed by atoms with Gasteiger partial charge in [0.05, 0.1) is 5.56 Å². The molecule has 0 aliphatic carbocycles. The smallest absolute Gasteiger partial charge is 0.316 e. The second kappa shape index (κ2) is 4.48. The Morgan fingerprint density at radius 3 is 2.95 bits per heavy atom. The van der Waals surface area contributed by atoms with Crippen LogP contribution in [-0.2, 0) is 12.6 Å². The molecule has 2 aromatic rings. The van der Waals surface area contributed by atoms with Gasteiger partial charge in [0.15, 0.2) is 11.5 Å². The lowest BCUT2D eigenvalue weighted by molar-refractivity contribution is -0.137. The molecule has 0 radical (unpaired) electrons. The Hall–Kier alpha value is -1.63. The number of nitrogens with zero attached hydrogens (tertiary/aromatic N) is 3. The second-order valence-corrected chi connectivity index (χ2v) is 4.81. The maximum atomic E-state index is 12.6. The number of aromatic nitrogens is 3. The van der Waals surface area contributed by atoms with Crippen molar-refractivity contribution in [3.05, 3.63) is 29.7 Å². The summed E-state index contributed by atoms with van der Waals surface area (Å²) < 4.78 is 39.1. The van der Waals surface area contributed by atoms with Gasteiger partial charge in [-0.2, -0.15) is 18.3 Å². The highest BCUT2D eigenvalue weighted by Crippen LogP contribution is 2.29. The van der Waals surface area contributed by atoms with E-state index in [1.54, 1.807) is 0 Å². The molecule has 0 bridgehead atoms. The van der Waals surface area contributed by atoms with Crippen molar-refractivity contribution in [1.29, 1.82) is 0 Å². The van der Waals surface area contributed by atoms with Crippen LogP contribution in [0.15, 0.2) is 18.3 Å². The molecule has 2 aromatic heterocycles. The lowest BCUT2D eigenvalue weighted by Crippen LogP contribution is -2.11. The molecule has 0 amide bonds. The molecule has 102 valence electrons. The van der Waals surface area contributed by atoms with E-state index in [0.717, 1.165) is 31.6 Å². The molecule has 1 N–H and O–H groups in total. The van der Waals surface area contributed by atoms with Crippen LogP contribution in [0.4, 0.5) is 13.2 Å². The fourth-order valence-corrected chi connectivity index (χ4v) is 2.34. The molecule has 3 heterocycles. The Labute approximate surface area is 107 Å². The van der Waals surface area contributed by atoms with Gasteiger partial charge in [-0.05, 0) is 37.6 Å². The summed E-state index contributed by atoms with van der Waals surface area (Å²) >= 11 is 0. The predicted molar refractivity (Wildman–Crippen MR) is 62.7 cm³/mol. The Bertz CT molecular complexity index is 584. The van der Waals surface area contributed by atoms with E-state index in [2.05, 4.69) is 15.4 Å². The lowest BCUT2D eigenvalue weighted by atomic mass is 10.1. The second-order valence-electron chi connectivity index (χ2n) is 4.81. The van der Waals surface area contributed by atoms with Gasteiger partial charge in [-0.25, -0.2) is 9.50 Å². The van der Waals surface area contributed by atoms with E-state index in [0.29, 0.717) is 18.2 Å². The number of hydrogen-bond donors (Lipinski definition) is 1. The monoisotopic (exact) mass is 270 g/mol. The van der Waals surface area contributed by atoms with E-state index in [1.807, 2.05) is 0 Å². The van der Waals surface area contributed by atoms with E-state index in [-0.39, 0.29) is 5.65 Å². The molecule has 0 aromatic carbocycles. The normalized spacial score (nSPS) is 20.3. The zero-order chi connectivity index (χ0) is 13.5. The maximum Gasteiger partial charge on any atom is 0.416 e. The highest BCUT2D eigenvalue weighted by Gasteiger charge is 2.31. The number of rotatable bonds is 2. The topological polar surface area (TPSA) is 42.2 Å². The minimum absolute atomic E-state index is 0.246. The van der Waals surface area contributed by atoms with Gasteiger partial charge >= 0.3 is 6.18 Å². The lowest BCUT2D eigenvalue weighted by Gasteiger charge is -2.05. The Kier molecular flexibility index (Phi) is 2.93. The molecule has 0 saturated carbocycles. The first-order chi connectivity index (χ1) is 9.02. The van der Waals surface area contributed by atoms with Crippen LogP contribution in [0.1, 0.15) is 17.8 Å². The summed E-state index contributed by atoms with van der Waals surface area (Å²) in [6.07, 6.45) is -1.27. The quantitative estimate of drug-likeness (QED) is 0.906. The standard InChI is InChI=1S/C12H13F3N4/c13-12(14,15)9-2-4-19-11(6-9)17-10(18-19)5-8-1-3-16-7-8/h2,4,6,8,16H,1,3,5,7H2. The van der Waals surface area contributed by atoms with Gasteiger partial charge in [0.2, 0.25) is 0 Å². The van der Waals surface area contributed by atoms with Gasteiger partial charge in [0.1, 0.15) is 0 Å². The number of alkyl halides is 3. The van der Waals surface area contributed by atoms with Crippen LogP contribution in [0.2, 0.25) is 0 Å². The number of hydrogen-bond acceptors (Lipinski definition) is 3. The van der Waals surface area contributed by atoms with Crippen molar-refractivity contribution in [3.8, 4) is 0 Å². The summed E-state index contributed by atoms with van der Waals surface area (Å²) in [5.74, 6) is 1.08. The van der Waals surface area contributed by atoms with Crippen molar-refractivity contribution in [2.45, 2.75) is 19.0 Å². The molecule has 1 aliphatic heterocycles. The summed E-state index contributed by atoms with van der Waals surface area (Å²) in [7, 11) is 0. The van der Waals surface area contributed by atoms with Crippen LogP contribution in [0.5, 0.6) is 0 Å². The van der Waals surface area contributed by atoms with Gasteiger partial charge in [-0.15, -0.1) is 0 Å². The van der Waals surface area contributed by atoms with Crippen LogP contribution in [0.25, 0.3) is 5.65 Å². The Morgan fingerprint density at radius 2 is 2.26 bits per heavy atom. The first-order valence-electron chi connectivity index (χ1n) is 6.15. The summed E-state index contributed by atoms with van der Waals surface area (Å²) in [5, 5.41) is 7.45. The maximum absolute atomic E-state index is 12.6. The molecule has 1 aliphatic rings. The molecule has 1 fully saturated rings. The van der Waals surface area contributed by atoms with E-state index in [1.165, 1.54) is 10.7 Å². The van der Waals surface area contributed by atoms with Gasteiger partial charge in [-0.1, -0.05) is 0 Å². The zero-order valence-corrected chi connectivity index (χ0v) is 10.1. The van der Waals surface area contributed by atoms with Crippen LogP contribution >= 0.6 is 0 Å². The zero-order valence-electron chi connectivity index (χ0n) is 10.1. The van der Waals surface area contributed by atoms with Gasteiger partial charge in [0, 0.05) is 12.6 Å². The molecule has 1 unspecified atom stereocenters. The number of nitrogens with one attached hydrogen (secondary N) is 1. The SMILES string of the molecule is FC(F)(F)c1ccn2nc(CC3CCNC3)nc2c1. The average molecular weight is 270 g/mol. The molecular weight excluding hydrogens is 257 g/mol. The van der Waals surface area contributed by atoms with Crippen LogP contribution in [0.3, 0.4) is 0 Å². The number of halogens is 3. The summed E-state index contributed by atoms with van der Waals surface area (Å²) in [6.45, 7) is 1.90. The average Bonchev–Trinajstić information content (AvgIpc) is 2.95. The number of fused-ring (bicyclic) bond motifs is 1. The molecule has 19 heavy (non-hydrogen) atoms. The molecular formula is C12H13F3N4. The van der Waals surface area contributed by atoms with Crippen molar-refractivity contribution in [3.63, 3.8) is 0 Å². The largest absolute Gasteiger partial charge is 0.416 e. The Morgan fingerprint density at radius 1 is 1.42 bits per heavy atom. The van der Waals surface area contributed by atoms with Gasteiger partial charge < -0.3 is 5.32 Å². The van der Waals surface area contributed by atoms with Crippen molar-refractivity contribution in [2.24, 2.45) is 5.92 Å². The summed E-state index contributed by atoms with van der Waals surface area (Å²) in [5.41, 5.74) is -0.447. The van der Waals surface area contributed by atoms with E-state index < -0.39 is 11.7 Å². The van der Waals surface area contributed by atoms with Crippen molar-refractivity contribution >= 4 is 5.65 Å². The molecule has 3 rings (SSSR count). The highest BCUT2D eigenvalue weighted by molar-refractivity contribution is 5.41. The minimum atomic E-state index is -4.34. The molecule has 1 saturated heterocycles. The molecule has 1 atom stereocenters. The van der Waals surface area contributed by atoms with Gasteiger partial charge in [-0.3, -0.25) is 0 Å². The highest BCUT2D eigenvalue weighted by atomic mass is 19.4. The van der Waals surface area contributed by atoms with Crippen LogP contribution in [0, 0.1) is 5.92 Å². The van der Waals surface area contributed by atoms with Gasteiger partial charge in [0.25, 0.3) is 0 Å². The van der Waals surface area contributed by atoms with Crippen LogP contribution in [-0.4, -0.2) is 27.7 Å². The minimum Gasteiger partial charge on any atom is -0.316 e. The molecule has 0 spiro atoms. The third kappa shape index (κ3) is 2.56. The Balaban J connectivity index is 1.87. The summed E-state index contributed by atoms with van der Waals surface area (Å²) in [6, 6.07) is 2.05.